The number of rotatable bonds is 52. The molecule has 1 unspecified atom stereocenters. The Morgan fingerprint density at radius 2 is 0.565 bits per heavy atom. The molecule has 396 valence electrons. The molecule has 0 rings (SSSR count). The molecule has 0 aromatic rings. The van der Waals surface area contributed by atoms with E-state index in [1.54, 1.807) is 0 Å². The van der Waals surface area contributed by atoms with Gasteiger partial charge in [0.15, 0.2) is 6.10 Å². The fraction of sp³-hybridized carbons (Fsp3) is 0.730. The van der Waals surface area contributed by atoms with Gasteiger partial charge in [0.05, 0.1) is 0 Å². The fourth-order valence-electron chi connectivity index (χ4n) is 8.03. The SMILES string of the molecule is CC/C=C\C/C=C\C/C=C\C/C=C\C/C=C\C/C=C\CCCCCCC(=O)OCC(COC(=O)CCCCCCCCCCCCC)OC(=O)CCCCCCCCC/C=C\CCCCCCCC. The van der Waals surface area contributed by atoms with E-state index in [2.05, 4.69) is 106 Å². The number of hydrogen-bond donors (Lipinski definition) is 0. The number of allylic oxidation sites excluding steroid dienone is 14. The van der Waals surface area contributed by atoms with Crippen molar-refractivity contribution in [2.75, 3.05) is 13.2 Å². The average molecular weight is 962 g/mol. The summed E-state index contributed by atoms with van der Waals surface area (Å²) < 4.78 is 16.8. The Kier molecular flexibility index (Phi) is 54.3. The van der Waals surface area contributed by atoms with Crippen LogP contribution in [0.3, 0.4) is 0 Å². The van der Waals surface area contributed by atoms with Crippen LogP contribution in [0.5, 0.6) is 0 Å². The van der Waals surface area contributed by atoms with E-state index in [1.807, 2.05) is 0 Å². The van der Waals surface area contributed by atoms with Gasteiger partial charge in [0.25, 0.3) is 0 Å². The van der Waals surface area contributed by atoms with Gasteiger partial charge in [0.1, 0.15) is 13.2 Å². The van der Waals surface area contributed by atoms with E-state index in [9.17, 15) is 14.4 Å². The first-order valence-corrected chi connectivity index (χ1v) is 29.1. The summed E-state index contributed by atoms with van der Waals surface area (Å²) in [5.41, 5.74) is 0. The van der Waals surface area contributed by atoms with Crippen LogP contribution in [0.2, 0.25) is 0 Å². The summed E-state index contributed by atoms with van der Waals surface area (Å²) in [5, 5.41) is 0. The molecule has 0 spiro atoms. The highest BCUT2D eigenvalue weighted by atomic mass is 16.6. The number of carbonyl (C=O) groups excluding carboxylic acids is 3. The van der Waals surface area contributed by atoms with Crippen LogP contribution in [0.4, 0.5) is 0 Å². The number of ether oxygens (including phenoxy) is 3. The van der Waals surface area contributed by atoms with E-state index in [0.29, 0.717) is 19.3 Å². The summed E-state index contributed by atoms with van der Waals surface area (Å²) in [5.74, 6) is -0.909. The van der Waals surface area contributed by atoms with Crippen molar-refractivity contribution in [3.63, 3.8) is 0 Å². The Bertz CT molecular complexity index is 1330. The quantitative estimate of drug-likeness (QED) is 0.0262. The molecule has 0 N–H and O–H groups in total. The lowest BCUT2D eigenvalue weighted by atomic mass is 10.1. The Morgan fingerprint density at radius 3 is 0.899 bits per heavy atom. The van der Waals surface area contributed by atoms with Crippen LogP contribution in [0.1, 0.15) is 278 Å². The first-order chi connectivity index (χ1) is 34.0. The van der Waals surface area contributed by atoms with E-state index in [4.69, 9.17) is 14.2 Å². The molecule has 0 radical (unpaired) electrons. The van der Waals surface area contributed by atoms with Crippen LogP contribution in [0.15, 0.2) is 85.1 Å². The number of hydrogen-bond acceptors (Lipinski definition) is 6. The number of esters is 3. The predicted octanol–water partition coefficient (Wildman–Crippen LogP) is 19.5. The van der Waals surface area contributed by atoms with Gasteiger partial charge >= 0.3 is 17.9 Å². The minimum absolute atomic E-state index is 0.0846. The Morgan fingerprint density at radius 1 is 0.304 bits per heavy atom. The Hall–Kier alpha value is -3.41. The molecule has 6 heteroatoms. The normalized spacial score (nSPS) is 12.7. The minimum Gasteiger partial charge on any atom is -0.462 e. The topological polar surface area (TPSA) is 78.9 Å². The van der Waals surface area contributed by atoms with Gasteiger partial charge in [-0.3, -0.25) is 14.4 Å². The molecule has 0 saturated heterocycles. The fourth-order valence-corrected chi connectivity index (χ4v) is 8.03. The molecule has 6 nitrogen and oxygen atoms in total. The van der Waals surface area contributed by atoms with Crippen molar-refractivity contribution in [2.45, 2.75) is 284 Å². The summed E-state index contributed by atoms with van der Waals surface area (Å²) in [4.78, 5) is 38.1. The van der Waals surface area contributed by atoms with E-state index < -0.39 is 6.10 Å². The van der Waals surface area contributed by atoms with Crippen molar-refractivity contribution in [3.05, 3.63) is 85.1 Å². The molecule has 0 saturated carbocycles. The summed E-state index contributed by atoms with van der Waals surface area (Å²) in [6, 6.07) is 0. The molecule has 0 heterocycles. The zero-order valence-electron chi connectivity index (χ0n) is 45.3. The van der Waals surface area contributed by atoms with Crippen LogP contribution >= 0.6 is 0 Å². The first kappa shape index (κ1) is 65.6. The molecule has 0 fully saturated rings. The Balaban J connectivity index is 4.38. The third-order valence-electron chi connectivity index (χ3n) is 12.4. The highest BCUT2D eigenvalue weighted by molar-refractivity contribution is 5.71. The highest BCUT2D eigenvalue weighted by Gasteiger charge is 2.19. The van der Waals surface area contributed by atoms with Crippen molar-refractivity contribution in [1.82, 2.24) is 0 Å². The maximum Gasteiger partial charge on any atom is 0.306 e. The van der Waals surface area contributed by atoms with Crippen LogP contribution < -0.4 is 0 Å². The van der Waals surface area contributed by atoms with Crippen molar-refractivity contribution < 1.29 is 28.6 Å². The van der Waals surface area contributed by atoms with Gasteiger partial charge in [0, 0.05) is 19.3 Å². The summed E-state index contributed by atoms with van der Waals surface area (Å²) in [7, 11) is 0. The zero-order chi connectivity index (χ0) is 50.0. The average Bonchev–Trinajstić information content (AvgIpc) is 3.35. The lowest BCUT2D eigenvalue weighted by molar-refractivity contribution is -0.167. The molecule has 0 aromatic carbocycles. The van der Waals surface area contributed by atoms with Crippen LogP contribution in [-0.4, -0.2) is 37.2 Å². The molecule has 69 heavy (non-hydrogen) atoms. The molecular formula is C63H108O6. The Labute approximate surface area is 426 Å². The lowest BCUT2D eigenvalue weighted by Gasteiger charge is -2.18. The third kappa shape index (κ3) is 55.4. The van der Waals surface area contributed by atoms with Gasteiger partial charge < -0.3 is 14.2 Å². The summed E-state index contributed by atoms with van der Waals surface area (Å²) >= 11 is 0. The van der Waals surface area contributed by atoms with Crippen molar-refractivity contribution in [2.24, 2.45) is 0 Å². The highest BCUT2D eigenvalue weighted by Crippen LogP contribution is 2.15. The van der Waals surface area contributed by atoms with Gasteiger partial charge in [0.2, 0.25) is 0 Å². The first-order valence-electron chi connectivity index (χ1n) is 29.1. The third-order valence-corrected chi connectivity index (χ3v) is 12.4. The lowest BCUT2D eigenvalue weighted by Crippen LogP contribution is -2.30. The zero-order valence-corrected chi connectivity index (χ0v) is 45.3. The second-order valence-electron chi connectivity index (χ2n) is 19.2. The molecule has 0 bridgehead atoms. The second-order valence-corrected chi connectivity index (χ2v) is 19.2. The molecular weight excluding hydrogens is 853 g/mol. The van der Waals surface area contributed by atoms with Crippen LogP contribution in [0.25, 0.3) is 0 Å². The number of unbranched alkanes of at least 4 members (excludes halogenated alkanes) is 27. The van der Waals surface area contributed by atoms with Crippen molar-refractivity contribution in [1.29, 1.82) is 0 Å². The summed E-state index contributed by atoms with van der Waals surface area (Å²) in [6.45, 7) is 6.50. The largest absolute Gasteiger partial charge is 0.462 e. The summed E-state index contributed by atoms with van der Waals surface area (Å²) in [6.07, 6.45) is 74.3. The molecule has 0 aliphatic rings. The van der Waals surface area contributed by atoms with E-state index in [-0.39, 0.29) is 31.1 Å². The van der Waals surface area contributed by atoms with Gasteiger partial charge in [-0.1, -0.05) is 247 Å². The van der Waals surface area contributed by atoms with E-state index in [0.717, 1.165) is 109 Å². The van der Waals surface area contributed by atoms with Crippen molar-refractivity contribution in [3.8, 4) is 0 Å². The van der Waals surface area contributed by atoms with Gasteiger partial charge in [-0.15, -0.1) is 0 Å². The number of carbonyl (C=O) groups is 3. The second kappa shape index (κ2) is 57.2. The van der Waals surface area contributed by atoms with Gasteiger partial charge in [-0.2, -0.15) is 0 Å². The van der Waals surface area contributed by atoms with E-state index >= 15 is 0 Å². The molecule has 1 atom stereocenters. The maximum absolute atomic E-state index is 12.8. The van der Waals surface area contributed by atoms with Crippen molar-refractivity contribution >= 4 is 17.9 Å². The van der Waals surface area contributed by atoms with Gasteiger partial charge in [-0.05, 0) is 96.3 Å². The molecule has 0 amide bonds. The minimum atomic E-state index is -0.788. The molecule has 0 aliphatic carbocycles. The van der Waals surface area contributed by atoms with Crippen LogP contribution in [-0.2, 0) is 28.6 Å². The van der Waals surface area contributed by atoms with Crippen LogP contribution in [0, 0.1) is 0 Å². The predicted molar refractivity (Wildman–Crippen MR) is 297 cm³/mol. The monoisotopic (exact) mass is 961 g/mol. The smallest absolute Gasteiger partial charge is 0.306 e. The molecule has 0 aliphatic heterocycles. The maximum atomic E-state index is 12.8. The van der Waals surface area contributed by atoms with E-state index in [1.165, 1.54) is 128 Å². The molecule has 0 aromatic heterocycles. The van der Waals surface area contributed by atoms with Gasteiger partial charge in [-0.25, -0.2) is 0 Å². The standard InChI is InChI=1S/C63H108O6/c1-4-7-10-13-16-19-22-24-26-28-29-30-31-32-33-35-36-38-41-44-47-50-53-56-62(65)68-59-60(58-67-61(64)55-52-49-46-43-40-21-18-15-12-9-6-3)69-63(66)57-54-51-48-45-42-39-37-34-27-25-23-20-17-14-11-8-5-2/h7,10,16,19,24-27,29-30,32-33,36,38,60H,4-6,8-9,11-15,17-18,20-23,28,31,34-35,37,39-59H2,1-3H3/b10-7-,19-16-,26-24-,27-25-,30-29-,33-32-,38-36-.